The van der Waals surface area contributed by atoms with E-state index in [0.717, 1.165) is 22.1 Å². The third kappa shape index (κ3) is 6.11. The molecule has 0 saturated carbocycles. The van der Waals surface area contributed by atoms with Gasteiger partial charge in [0.2, 0.25) is 5.75 Å². The van der Waals surface area contributed by atoms with Crippen LogP contribution >= 0.6 is 11.3 Å². The minimum absolute atomic E-state index is 0.275. The molecule has 0 saturated heterocycles. The maximum atomic E-state index is 13.0. The number of rotatable bonds is 11. The van der Waals surface area contributed by atoms with Crippen LogP contribution in [-0.2, 0) is 0 Å². The van der Waals surface area contributed by atoms with Crippen molar-refractivity contribution in [3.8, 4) is 28.5 Å². The van der Waals surface area contributed by atoms with E-state index in [9.17, 15) is 4.79 Å². The average Bonchev–Trinajstić information content (AvgIpc) is 3.36. The summed E-state index contributed by atoms with van der Waals surface area (Å²) in [5.74, 6) is 1.18. The Labute approximate surface area is 214 Å². The van der Waals surface area contributed by atoms with Crippen molar-refractivity contribution in [3.63, 3.8) is 0 Å². The smallest absolute Gasteiger partial charge is 0.255 e. The predicted octanol–water partition coefficient (Wildman–Crippen LogP) is 6.40. The Balaban J connectivity index is 1.45. The number of anilines is 3. The summed E-state index contributed by atoms with van der Waals surface area (Å²) in [6.45, 7) is 6.98. The molecule has 2 N–H and O–H groups in total. The van der Waals surface area contributed by atoms with E-state index in [1.807, 2.05) is 62.5 Å². The van der Waals surface area contributed by atoms with Gasteiger partial charge in [-0.25, -0.2) is 4.98 Å². The van der Waals surface area contributed by atoms with Crippen molar-refractivity contribution in [3.05, 3.63) is 71.9 Å². The lowest BCUT2D eigenvalue weighted by Crippen LogP contribution is -2.13. The van der Waals surface area contributed by atoms with Crippen molar-refractivity contribution in [2.45, 2.75) is 20.8 Å². The number of carbonyl (C=O) groups excluding carboxylic acids is 1. The molecule has 0 aliphatic rings. The second kappa shape index (κ2) is 12.0. The number of amides is 1. The van der Waals surface area contributed by atoms with E-state index < -0.39 is 0 Å². The molecule has 36 heavy (non-hydrogen) atoms. The van der Waals surface area contributed by atoms with Crippen molar-refractivity contribution in [2.24, 2.45) is 0 Å². The van der Waals surface area contributed by atoms with Gasteiger partial charge in [0.25, 0.3) is 5.91 Å². The van der Waals surface area contributed by atoms with Gasteiger partial charge < -0.3 is 24.8 Å². The summed E-state index contributed by atoms with van der Waals surface area (Å²) in [5.41, 5.74) is 3.84. The largest absolute Gasteiger partial charge is 0.490 e. The van der Waals surface area contributed by atoms with Crippen LogP contribution in [0.5, 0.6) is 17.2 Å². The number of benzene rings is 2. The maximum absolute atomic E-state index is 13.0. The summed E-state index contributed by atoms with van der Waals surface area (Å²) in [5, 5.41) is 9.00. The van der Waals surface area contributed by atoms with Crippen LogP contribution in [0.1, 0.15) is 31.1 Å². The molecule has 0 radical (unpaired) electrons. The monoisotopic (exact) mass is 504 g/mol. The summed E-state index contributed by atoms with van der Waals surface area (Å²) in [4.78, 5) is 21.7. The second-order valence-corrected chi connectivity index (χ2v) is 8.39. The third-order valence-electron chi connectivity index (χ3n) is 5.05. The van der Waals surface area contributed by atoms with Crippen molar-refractivity contribution in [1.82, 2.24) is 9.97 Å². The van der Waals surface area contributed by atoms with Crippen molar-refractivity contribution < 1.29 is 19.0 Å². The van der Waals surface area contributed by atoms with E-state index >= 15 is 0 Å². The average molecular weight is 505 g/mol. The van der Waals surface area contributed by atoms with E-state index in [1.165, 1.54) is 11.3 Å². The molecule has 0 spiro atoms. The number of aromatic nitrogens is 2. The molecule has 0 atom stereocenters. The zero-order valence-electron chi connectivity index (χ0n) is 20.4. The first kappa shape index (κ1) is 25.0. The highest BCUT2D eigenvalue weighted by Crippen LogP contribution is 2.39. The quantitative estimate of drug-likeness (QED) is 0.244. The highest BCUT2D eigenvalue weighted by molar-refractivity contribution is 7.14. The number of pyridine rings is 1. The molecule has 2 aromatic heterocycles. The summed E-state index contributed by atoms with van der Waals surface area (Å²) in [6.07, 6.45) is 3.49. The molecule has 8 nitrogen and oxygen atoms in total. The van der Waals surface area contributed by atoms with E-state index in [1.54, 1.807) is 24.5 Å². The minimum atomic E-state index is -0.275. The van der Waals surface area contributed by atoms with Crippen LogP contribution in [0.15, 0.2) is 66.3 Å². The molecule has 186 valence electrons. The van der Waals surface area contributed by atoms with Gasteiger partial charge >= 0.3 is 0 Å². The van der Waals surface area contributed by atoms with Gasteiger partial charge in [-0.05, 0) is 69.3 Å². The van der Waals surface area contributed by atoms with E-state index in [-0.39, 0.29) is 5.91 Å². The van der Waals surface area contributed by atoms with Crippen molar-refractivity contribution >= 4 is 33.8 Å². The van der Waals surface area contributed by atoms with Crippen LogP contribution in [-0.4, -0.2) is 35.7 Å². The van der Waals surface area contributed by atoms with Gasteiger partial charge in [-0.2, -0.15) is 0 Å². The van der Waals surface area contributed by atoms with E-state index in [2.05, 4.69) is 20.6 Å². The van der Waals surface area contributed by atoms with Crippen LogP contribution in [0.3, 0.4) is 0 Å². The number of nitrogens with one attached hydrogen (secondary N) is 2. The first-order chi connectivity index (χ1) is 17.6. The van der Waals surface area contributed by atoms with Crippen LogP contribution in [0, 0.1) is 0 Å². The summed E-state index contributed by atoms with van der Waals surface area (Å²) in [7, 11) is 0. The van der Waals surface area contributed by atoms with Gasteiger partial charge in [-0.3, -0.25) is 9.78 Å². The van der Waals surface area contributed by atoms with Crippen LogP contribution < -0.4 is 24.8 Å². The first-order valence-electron chi connectivity index (χ1n) is 11.7. The fourth-order valence-corrected chi connectivity index (χ4v) is 4.21. The standard InChI is InChI=1S/C27H28N4O4S/c1-4-33-23-15-19(16-24(34-5-2)25(23)35-6-3)26(32)29-20-7-9-21(10-8-20)30-27-31-22(17-36-27)18-11-13-28-14-12-18/h7-17H,4-6H2,1-3H3,(H,29,32)(H,30,31). The van der Waals surface area contributed by atoms with Gasteiger partial charge in [0.1, 0.15) is 0 Å². The van der Waals surface area contributed by atoms with Gasteiger partial charge in [0.05, 0.1) is 25.5 Å². The number of hydrogen-bond acceptors (Lipinski definition) is 8. The maximum Gasteiger partial charge on any atom is 0.255 e. The Morgan fingerprint density at radius 1 is 0.861 bits per heavy atom. The SMILES string of the molecule is CCOc1cc(C(=O)Nc2ccc(Nc3nc(-c4ccncc4)cs3)cc2)cc(OCC)c1OCC. The molecule has 4 rings (SSSR count). The molecular formula is C27H28N4O4S. The summed E-state index contributed by atoms with van der Waals surface area (Å²) >= 11 is 1.52. The molecule has 2 heterocycles. The van der Waals surface area contributed by atoms with Gasteiger partial charge in [0, 0.05) is 40.3 Å². The Bertz CT molecular complexity index is 1270. The Morgan fingerprint density at radius 3 is 2.08 bits per heavy atom. The molecule has 2 aromatic carbocycles. The fourth-order valence-electron chi connectivity index (χ4n) is 3.47. The lowest BCUT2D eigenvalue weighted by Gasteiger charge is -2.17. The molecule has 0 aliphatic heterocycles. The number of ether oxygens (including phenoxy) is 3. The summed E-state index contributed by atoms with van der Waals surface area (Å²) in [6, 6.07) is 14.6. The van der Waals surface area contributed by atoms with Crippen LogP contribution in [0.4, 0.5) is 16.5 Å². The molecule has 9 heteroatoms. The Kier molecular flexibility index (Phi) is 8.36. The van der Waals surface area contributed by atoms with Gasteiger partial charge in [-0.1, -0.05) is 0 Å². The van der Waals surface area contributed by atoms with Crippen LogP contribution in [0.25, 0.3) is 11.3 Å². The zero-order chi connectivity index (χ0) is 25.3. The first-order valence-corrected chi connectivity index (χ1v) is 12.6. The molecule has 0 aliphatic carbocycles. The second-order valence-electron chi connectivity index (χ2n) is 7.53. The number of carbonyl (C=O) groups is 1. The topological polar surface area (TPSA) is 94.6 Å². The number of nitrogens with zero attached hydrogens (tertiary/aromatic N) is 2. The third-order valence-corrected chi connectivity index (χ3v) is 5.80. The lowest BCUT2D eigenvalue weighted by molar-refractivity contribution is 0.102. The molecule has 0 unspecified atom stereocenters. The van der Waals surface area contributed by atoms with Gasteiger partial charge in [-0.15, -0.1) is 11.3 Å². The van der Waals surface area contributed by atoms with E-state index in [0.29, 0.717) is 48.3 Å². The molecule has 1 amide bonds. The molecule has 4 aromatic rings. The van der Waals surface area contributed by atoms with E-state index in [4.69, 9.17) is 14.2 Å². The number of thiazole rings is 1. The van der Waals surface area contributed by atoms with Gasteiger partial charge in [0.15, 0.2) is 16.6 Å². The highest BCUT2D eigenvalue weighted by Gasteiger charge is 2.18. The Morgan fingerprint density at radius 2 is 1.47 bits per heavy atom. The zero-order valence-corrected chi connectivity index (χ0v) is 21.2. The minimum Gasteiger partial charge on any atom is -0.490 e. The van der Waals surface area contributed by atoms with Crippen molar-refractivity contribution in [2.75, 3.05) is 30.5 Å². The van der Waals surface area contributed by atoms with Crippen LogP contribution in [0.2, 0.25) is 0 Å². The van der Waals surface area contributed by atoms with Crippen molar-refractivity contribution in [1.29, 1.82) is 0 Å². The Hall–Kier alpha value is -4.11. The molecule has 0 bridgehead atoms. The number of hydrogen-bond donors (Lipinski definition) is 2. The lowest BCUT2D eigenvalue weighted by atomic mass is 10.1. The molecule has 0 fully saturated rings. The predicted molar refractivity (Wildman–Crippen MR) is 143 cm³/mol. The highest BCUT2D eigenvalue weighted by atomic mass is 32.1. The fraction of sp³-hybridized carbons (Fsp3) is 0.222. The summed E-state index contributed by atoms with van der Waals surface area (Å²) < 4.78 is 17.2. The normalized spacial score (nSPS) is 10.5. The molecular weight excluding hydrogens is 476 g/mol.